The third kappa shape index (κ3) is 4.69. The van der Waals surface area contributed by atoms with Crippen molar-refractivity contribution in [3.63, 3.8) is 0 Å². The fraction of sp³-hybridized carbons (Fsp3) is 0.0526. The van der Waals surface area contributed by atoms with E-state index in [4.69, 9.17) is 0 Å². The Hall–Kier alpha value is -2.11. The number of nitrogens with zero attached hydrogens (tertiary/aromatic N) is 1. The molecule has 0 bridgehead atoms. The van der Waals surface area contributed by atoms with Crippen molar-refractivity contribution in [2.75, 3.05) is 5.32 Å². The van der Waals surface area contributed by atoms with Crippen LogP contribution in [0.2, 0.25) is 0 Å². The highest BCUT2D eigenvalue weighted by molar-refractivity contribution is 9.10. The molecule has 0 saturated carbocycles. The van der Waals surface area contributed by atoms with Crippen LogP contribution in [-0.2, 0) is 5.75 Å². The van der Waals surface area contributed by atoms with Crippen LogP contribution in [0.25, 0.3) is 0 Å². The molecule has 0 unspecified atom stereocenters. The minimum absolute atomic E-state index is 0.114. The van der Waals surface area contributed by atoms with Gasteiger partial charge in [0.1, 0.15) is 0 Å². The summed E-state index contributed by atoms with van der Waals surface area (Å²) in [6, 6.07) is 19.2. The van der Waals surface area contributed by atoms with Gasteiger partial charge in [0, 0.05) is 38.8 Å². The van der Waals surface area contributed by atoms with E-state index in [1.807, 2.05) is 60.8 Å². The van der Waals surface area contributed by atoms with Crippen LogP contribution in [0, 0.1) is 0 Å². The third-order valence-corrected chi connectivity index (χ3v) is 4.90. The highest BCUT2D eigenvalue weighted by atomic mass is 79.9. The van der Waals surface area contributed by atoms with Gasteiger partial charge in [0.2, 0.25) is 0 Å². The Labute approximate surface area is 153 Å². The van der Waals surface area contributed by atoms with Crippen molar-refractivity contribution in [3.8, 4) is 0 Å². The molecule has 0 fully saturated rings. The molecule has 24 heavy (non-hydrogen) atoms. The van der Waals surface area contributed by atoms with Crippen molar-refractivity contribution in [2.45, 2.75) is 10.6 Å². The van der Waals surface area contributed by atoms with E-state index in [0.717, 1.165) is 20.8 Å². The van der Waals surface area contributed by atoms with E-state index in [1.54, 1.807) is 18.0 Å². The molecule has 2 aromatic carbocycles. The van der Waals surface area contributed by atoms with Crippen molar-refractivity contribution in [2.24, 2.45) is 0 Å². The molecular weight excluding hydrogens is 384 g/mol. The summed E-state index contributed by atoms with van der Waals surface area (Å²) in [4.78, 5) is 17.5. The van der Waals surface area contributed by atoms with E-state index in [2.05, 4.69) is 32.3 Å². The average Bonchev–Trinajstić information content (AvgIpc) is 2.61. The lowest BCUT2D eigenvalue weighted by atomic mass is 10.2. The Morgan fingerprint density at radius 1 is 1.08 bits per heavy atom. The van der Waals surface area contributed by atoms with Crippen LogP contribution in [-0.4, -0.2) is 10.9 Å². The predicted octanol–water partition coefficient (Wildman–Crippen LogP) is 5.39. The zero-order chi connectivity index (χ0) is 16.8. The van der Waals surface area contributed by atoms with Crippen LogP contribution < -0.4 is 5.32 Å². The van der Waals surface area contributed by atoms with Gasteiger partial charge >= 0.3 is 0 Å². The third-order valence-electron chi connectivity index (χ3n) is 3.33. The fourth-order valence-electron chi connectivity index (χ4n) is 2.12. The molecule has 0 saturated heterocycles. The van der Waals surface area contributed by atoms with Crippen LogP contribution in [0.15, 0.2) is 82.4 Å². The number of carbonyl (C=O) groups is 1. The minimum Gasteiger partial charge on any atom is -0.322 e. The quantitative estimate of drug-likeness (QED) is 0.585. The summed E-state index contributed by atoms with van der Waals surface area (Å²) in [5.41, 5.74) is 2.59. The zero-order valence-electron chi connectivity index (χ0n) is 12.8. The van der Waals surface area contributed by atoms with E-state index >= 15 is 0 Å². The first kappa shape index (κ1) is 16.7. The first-order chi connectivity index (χ1) is 11.7. The van der Waals surface area contributed by atoms with Gasteiger partial charge in [-0.3, -0.25) is 9.78 Å². The van der Waals surface area contributed by atoms with Gasteiger partial charge < -0.3 is 5.32 Å². The second-order valence-electron chi connectivity index (χ2n) is 5.14. The molecule has 1 N–H and O–H groups in total. The molecule has 5 heteroatoms. The number of amides is 1. The molecule has 0 aliphatic rings. The maximum Gasteiger partial charge on any atom is 0.255 e. The van der Waals surface area contributed by atoms with Gasteiger partial charge in [-0.1, -0.05) is 28.1 Å². The fourth-order valence-corrected chi connectivity index (χ4v) is 3.35. The highest BCUT2D eigenvalue weighted by Gasteiger charge is 2.06. The number of nitrogens with one attached hydrogen (secondary N) is 1. The van der Waals surface area contributed by atoms with Crippen LogP contribution in [0.1, 0.15) is 15.9 Å². The van der Waals surface area contributed by atoms with Crippen LogP contribution in [0.4, 0.5) is 5.69 Å². The maximum absolute atomic E-state index is 12.3. The standard InChI is InChI=1S/C19H15BrN2OS/c20-16-4-1-5-17(11-16)22-19(23)15-6-8-18(9-7-15)24-13-14-3-2-10-21-12-14/h1-12H,13H2,(H,22,23). The second-order valence-corrected chi connectivity index (χ2v) is 7.10. The topological polar surface area (TPSA) is 42.0 Å². The summed E-state index contributed by atoms with van der Waals surface area (Å²) >= 11 is 5.12. The lowest BCUT2D eigenvalue weighted by Gasteiger charge is -2.07. The summed E-state index contributed by atoms with van der Waals surface area (Å²) in [6.07, 6.45) is 3.64. The number of benzene rings is 2. The molecular formula is C19H15BrN2OS. The van der Waals surface area contributed by atoms with Crippen molar-refractivity contribution >= 4 is 39.3 Å². The summed E-state index contributed by atoms with van der Waals surface area (Å²) < 4.78 is 0.933. The summed E-state index contributed by atoms with van der Waals surface area (Å²) in [6.45, 7) is 0. The van der Waals surface area contributed by atoms with Gasteiger partial charge in [-0.2, -0.15) is 0 Å². The number of aromatic nitrogens is 1. The number of hydrogen-bond acceptors (Lipinski definition) is 3. The smallest absolute Gasteiger partial charge is 0.255 e. The Bertz CT molecular complexity index is 822. The van der Waals surface area contributed by atoms with Crippen molar-refractivity contribution in [1.29, 1.82) is 0 Å². The molecule has 120 valence electrons. The lowest BCUT2D eigenvalue weighted by molar-refractivity contribution is 0.102. The molecule has 3 aromatic rings. The molecule has 3 nitrogen and oxygen atoms in total. The normalized spacial score (nSPS) is 10.4. The van der Waals surface area contributed by atoms with Crippen LogP contribution in [0.5, 0.6) is 0 Å². The van der Waals surface area contributed by atoms with E-state index in [1.165, 1.54) is 5.56 Å². The van der Waals surface area contributed by atoms with Crippen molar-refractivity contribution in [3.05, 3.63) is 88.7 Å². The molecule has 1 amide bonds. The van der Waals surface area contributed by atoms with Gasteiger partial charge in [-0.15, -0.1) is 11.8 Å². The number of anilines is 1. The number of rotatable bonds is 5. The van der Waals surface area contributed by atoms with Gasteiger partial charge in [0.15, 0.2) is 0 Å². The maximum atomic E-state index is 12.3. The Morgan fingerprint density at radius 3 is 2.62 bits per heavy atom. The Balaban J connectivity index is 1.60. The molecule has 0 aliphatic heterocycles. The number of halogens is 1. The first-order valence-electron chi connectivity index (χ1n) is 7.39. The summed E-state index contributed by atoms with van der Waals surface area (Å²) in [5, 5.41) is 2.89. The van der Waals surface area contributed by atoms with E-state index in [0.29, 0.717) is 5.56 Å². The lowest BCUT2D eigenvalue weighted by Crippen LogP contribution is -2.11. The second kappa shape index (κ2) is 8.13. The van der Waals surface area contributed by atoms with Crippen molar-refractivity contribution < 1.29 is 4.79 Å². The highest BCUT2D eigenvalue weighted by Crippen LogP contribution is 2.23. The van der Waals surface area contributed by atoms with E-state index < -0.39 is 0 Å². The molecule has 1 aromatic heterocycles. The van der Waals surface area contributed by atoms with Gasteiger partial charge in [0.25, 0.3) is 5.91 Å². The molecule has 0 aliphatic carbocycles. The van der Waals surface area contributed by atoms with Gasteiger partial charge in [-0.25, -0.2) is 0 Å². The largest absolute Gasteiger partial charge is 0.322 e. The first-order valence-corrected chi connectivity index (χ1v) is 9.17. The monoisotopic (exact) mass is 398 g/mol. The molecule has 0 radical (unpaired) electrons. The van der Waals surface area contributed by atoms with Crippen molar-refractivity contribution in [1.82, 2.24) is 4.98 Å². The Morgan fingerprint density at radius 2 is 1.92 bits per heavy atom. The van der Waals surface area contributed by atoms with Gasteiger partial charge in [0.05, 0.1) is 0 Å². The molecule has 3 rings (SSSR count). The van der Waals surface area contributed by atoms with Crippen LogP contribution >= 0.6 is 27.7 Å². The number of thioether (sulfide) groups is 1. The minimum atomic E-state index is -0.114. The molecule has 0 spiro atoms. The number of pyridine rings is 1. The molecule has 1 heterocycles. The van der Waals surface area contributed by atoms with Gasteiger partial charge in [-0.05, 0) is 54.1 Å². The zero-order valence-corrected chi connectivity index (χ0v) is 15.2. The molecule has 0 atom stereocenters. The van der Waals surface area contributed by atoms with Crippen LogP contribution in [0.3, 0.4) is 0 Å². The SMILES string of the molecule is O=C(Nc1cccc(Br)c1)c1ccc(SCc2cccnc2)cc1. The Kier molecular flexibility index (Phi) is 5.67. The van der Waals surface area contributed by atoms with E-state index in [9.17, 15) is 4.79 Å². The summed E-state index contributed by atoms with van der Waals surface area (Å²) in [5.74, 6) is 0.745. The number of hydrogen-bond donors (Lipinski definition) is 1. The average molecular weight is 399 g/mol. The predicted molar refractivity (Wildman–Crippen MR) is 102 cm³/mol. The van der Waals surface area contributed by atoms with E-state index in [-0.39, 0.29) is 5.91 Å². The summed E-state index contributed by atoms with van der Waals surface area (Å²) in [7, 11) is 0. The number of carbonyl (C=O) groups excluding carboxylic acids is 1.